The highest BCUT2D eigenvalue weighted by Gasteiger charge is 2.28. The van der Waals surface area contributed by atoms with Crippen LogP contribution >= 0.6 is 0 Å². The molecule has 3 rings (SSSR count). The summed E-state index contributed by atoms with van der Waals surface area (Å²) in [5, 5.41) is 3.25. The van der Waals surface area contributed by atoms with Crippen LogP contribution in [0.4, 0.5) is 11.4 Å². The number of benzene rings is 1. The summed E-state index contributed by atoms with van der Waals surface area (Å²) in [5.74, 6) is 0. The highest BCUT2D eigenvalue weighted by molar-refractivity contribution is 7.91. The lowest BCUT2D eigenvalue weighted by atomic mass is 10.1. The lowest BCUT2D eigenvalue weighted by Gasteiger charge is -2.16. The van der Waals surface area contributed by atoms with Crippen LogP contribution in [0.5, 0.6) is 0 Å². The SMILES string of the molecule is O=S1(=O)NCCN1c1ccc2c(c1)NCC2. The maximum absolute atomic E-state index is 11.7. The molecule has 2 heterocycles. The van der Waals surface area contributed by atoms with Gasteiger partial charge in [0.1, 0.15) is 0 Å². The van der Waals surface area contributed by atoms with Crippen LogP contribution in [0.25, 0.3) is 0 Å². The van der Waals surface area contributed by atoms with E-state index in [1.807, 2.05) is 18.2 Å². The fourth-order valence-corrected chi connectivity index (χ4v) is 3.40. The molecule has 2 aliphatic rings. The zero-order chi connectivity index (χ0) is 11.2. The first-order chi connectivity index (χ1) is 7.67. The topological polar surface area (TPSA) is 61.4 Å². The lowest BCUT2D eigenvalue weighted by molar-refractivity contribution is 0.592. The second-order valence-corrected chi connectivity index (χ2v) is 5.67. The summed E-state index contributed by atoms with van der Waals surface area (Å²) in [6.45, 7) is 1.91. The molecule has 0 bridgehead atoms. The number of hydrogen-bond donors (Lipinski definition) is 2. The van der Waals surface area contributed by atoms with Crippen molar-refractivity contribution in [2.24, 2.45) is 0 Å². The minimum absolute atomic E-state index is 0.479. The van der Waals surface area contributed by atoms with Gasteiger partial charge in [0, 0.05) is 25.3 Å². The Morgan fingerprint density at radius 3 is 2.88 bits per heavy atom. The smallest absolute Gasteiger partial charge is 0.301 e. The van der Waals surface area contributed by atoms with E-state index in [-0.39, 0.29) is 0 Å². The fourth-order valence-electron chi connectivity index (χ4n) is 2.18. The van der Waals surface area contributed by atoms with Gasteiger partial charge in [0.25, 0.3) is 0 Å². The van der Waals surface area contributed by atoms with Crippen molar-refractivity contribution in [2.75, 3.05) is 29.3 Å². The van der Waals surface area contributed by atoms with Crippen molar-refractivity contribution in [1.29, 1.82) is 0 Å². The molecule has 0 aliphatic carbocycles. The molecule has 6 heteroatoms. The summed E-state index contributed by atoms with van der Waals surface area (Å²) in [5.41, 5.74) is 3.05. The van der Waals surface area contributed by atoms with Gasteiger partial charge in [0.05, 0.1) is 5.69 Å². The summed E-state index contributed by atoms with van der Waals surface area (Å²) in [4.78, 5) is 0. The van der Waals surface area contributed by atoms with Gasteiger partial charge in [0.2, 0.25) is 0 Å². The first kappa shape index (κ1) is 9.92. The summed E-state index contributed by atoms with van der Waals surface area (Å²) >= 11 is 0. The van der Waals surface area contributed by atoms with Gasteiger partial charge >= 0.3 is 10.2 Å². The Morgan fingerprint density at radius 2 is 2.12 bits per heavy atom. The predicted molar refractivity (Wildman–Crippen MR) is 62.9 cm³/mol. The second kappa shape index (κ2) is 3.36. The van der Waals surface area contributed by atoms with Crippen LogP contribution in [-0.2, 0) is 16.6 Å². The molecule has 0 radical (unpaired) electrons. The van der Waals surface area contributed by atoms with Crippen LogP contribution in [0, 0.1) is 0 Å². The molecule has 1 saturated heterocycles. The third-order valence-corrected chi connectivity index (χ3v) is 4.52. The number of anilines is 2. The molecule has 16 heavy (non-hydrogen) atoms. The van der Waals surface area contributed by atoms with Gasteiger partial charge < -0.3 is 5.32 Å². The molecule has 0 spiro atoms. The largest absolute Gasteiger partial charge is 0.384 e. The molecule has 86 valence electrons. The highest BCUT2D eigenvalue weighted by atomic mass is 32.2. The molecule has 0 atom stereocenters. The number of rotatable bonds is 1. The molecule has 0 saturated carbocycles. The van der Waals surface area contributed by atoms with E-state index in [1.54, 1.807) is 0 Å². The molecular formula is C10H13N3O2S. The Labute approximate surface area is 94.6 Å². The van der Waals surface area contributed by atoms with Crippen molar-refractivity contribution in [3.63, 3.8) is 0 Å². The van der Waals surface area contributed by atoms with E-state index < -0.39 is 10.2 Å². The Balaban J connectivity index is 2.01. The van der Waals surface area contributed by atoms with Crippen molar-refractivity contribution >= 4 is 21.6 Å². The number of hydrogen-bond acceptors (Lipinski definition) is 3. The Hall–Kier alpha value is -1.27. The standard InChI is InChI=1S/C10H13N3O2S/c14-16(15)12-5-6-13(16)9-2-1-8-3-4-11-10(8)7-9/h1-2,7,11-12H,3-6H2. The minimum Gasteiger partial charge on any atom is -0.384 e. The molecule has 0 aromatic heterocycles. The minimum atomic E-state index is -3.30. The van der Waals surface area contributed by atoms with E-state index in [0.717, 1.165) is 24.3 Å². The number of fused-ring (bicyclic) bond motifs is 1. The van der Waals surface area contributed by atoms with E-state index in [1.165, 1.54) is 9.87 Å². The van der Waals surface area contributed by atoms with Gasteiger partial charge in [-0.15, -0.1) is 0 Å². The van der Waals surface area contributed by atoms with Crippen LogP contribution in [0.3, 0.4) is 0 Å². The van der Waals surface area contributed by atoms with E-state index in [0.29, 0.717) is 13.1 Å². The molecule has 5 nitrogen and oxygen atoms in total. The van der Waals surface area contributed by atoms with E-state index in [4.69, 9.17) is 0 Å². The predicted octanol–water partition coefficient (Wildman–Crippen LogP) is 0.309. The molecule has 1 aromatic carbocycles. The van der Waals surface area contributed by atoms with E-state index in [9.17, 15) is 8.42 Å². The molecule has 0 unspecified atom stereocenters. The van der Waals surface area contributed by atoms with Gasteiger partial charge in [-0.2, -0.15) is 13.1 Å². The monoisotopic (exact) mass is 239 g/mol. The summed E-state index contributed by atoms with van der Waals surface area (Å²) in [6.07, 6.45) is 1.01. The van der Waals surface area contributed by atoms with Crippen LogP contribution in [0.1, 0.15) is 5.56 Å². The second-order valence-electron chi connectivity index (χ2n) is 3.99. The van der Waals surface area contributed by atoms with Gasteiger partial charge in [0.15, 0.2) is 0 Å². The van der Waals surface area contributed by atoms with E-state index in [2.05, 4.69) is 10.0 Å². The van der Waals surface area contributed by atoms with Gasteiger partial charge in [-0.25, -0.2) is 0 Å². The van der Waals surface area contributed by atoms with Gasteiger partial charge in [-0.1, -0.05) is 6.07 Å². The van der Waals surface area contributed by atoms with Crippen molar-refractivity contribution in [1.82, 2.24) is 4.72 Å². The molecule has 2 aliphatic heterocycles. The lowest BCUT2D eigenvalue weighted by Crippen LogP contribution is -2.29. The Kier molecular flexibility index (Phi) is 2.08. The maximum atomic E-state index is 11.7. The van der Waals surface area contributed by atoms with Crippen LogP contribution in [0.15, 0.2) is 18.2 Å². The zero-order valence-electron chi connectivity index (χ0n) is 8.73. The third kappa shape index (κ3) is 1.45. The maximum Gasteiger partial charge on any atom is 0.301 e. The normalized spacial score (nSPS) is 21.9. The Bertz CT molecular complexity index is 527. The van der Waals surface area contributed by atoms with Crippen LogP contribution < -0.4 is 14.3 Å². The van der Waals surface area contributed by atoms with Crippen LogP contribution in [-0.4, -0.2) is 28.1 Å². The average molecular weight is 239 g/mol. The molecule has 2 N–H and O–H groups in total. The summed E-state index contributed by atoms with van der Waals surface area (Å²) in [6, 6.07) is 5.78. The number of nitrogens with one attached hydrogen (secondary N) is 2. The first-order valence-electron chi connectivity index (χ1n) is 5.31. The molecule has 1 fully saturated rings. The quantitative estimate of drug-likeness (QED) is 0.741. The molecule has 0 amide bonds. The van der Waals surface area contributed by atoms with Crippen molar-refractivity contribution in [2.45, 2.75) is 6.42 Å². The van der Waals surface area contributed by atoms with E-state index >= 15 is 0 Å². The average Bonchev–Trinajstić information content (AvgIpc) is 2.82. The van der Waals surface area contributed by atoms with Gasteiger partial charge in [-0.3, -0.25) is 4.31 Å². The molecule has 1 aromatic rings. The van der Waals surface area contributed by atoms with Gasteiger partial charge in [-0.05, 0) is 24.1 Å². The fraction of sp³-hybridized carbons (Fsp3) is 0.400. The van der Waals surface area contributed by atoms with Crippen molar-refractivity contribution in [3.05, 3.63) is 23.8 Å². The zero-order valence-corrected chi connectivity index (χ0v) is 9.55. The summed E-state index contributed by atoms with van der Waals surface area (Å²) in [7, 11) is -3.30. The first-order valence-corrected chi connectivity index (χ1v) is 6.75. The third-order valence-electron chi connectivity index (χ3n) is 2.98. The number of nitrogens with zero attached hydrogens (tertiary/aromatic N) is 1. The highest BCUT2D eigenvalue weighted by Crippen LogP contribution is 2.29. The van der Waals surface area contributed by atoms with Crippen molar-refractivity contribution in [3.8, 4) is 0 Å². The van der Waals surface area contributed by atoms with Crippen LogP contribution in [0.2, 0.25) is 0 Å². The Morgan fingerprint density at radius 1 is 1.25 bits per heavy atom. The summed E-state index contributed by atoms with van der Waals surface area (Å²) < 4.78 is 27.2. The molecular weight excluding hydrogens is 226 g/mol. The van der Waals surface area contributed by atoms with Crippen molar-refractivity contribution < 1.29 is 8.42 Å².